The number of hydrogen-bond acceptors (Lipinski definition) is 6. The van der Waals surface area contributed by atoms with Crippen molar-refractivity contribution in [2.24, 2.45) is 10.4 Å². The average molecular weight is 423 g/mol. The molecule has 1 saturated carbocycles. The van der Waals surface area contributed by atoms with Crippen LogP contribution in [-0.2, 0) is 11.2 Å². The summed E-state index contributed by atoms with van der Waals surface area (Å²) in [7, 11) is 0. The van der Waals surface area contributed by atoms with Gasteiger partial charge in [-0.25, -0.2) is 9.38 Å². The first-order valence-electron chi connectivity index (χ1n) is 10.7. The summed E-state index contributed by atoms with van der Waals surface area (Å²) < 4.78 is 13.5. The number of halogens is 1. The van der Waals surface area contributed by atoms with Crippen LogP contribution in [0.15, 0.2) is 52.8 Å². The van der Waals surface area contributed by atoms with E-state index >= 15 is 0 Å². The van der Waals surface area contributed by atoms with Crippen LogP contribution >= 0.6 is 0 Å². The van der Waals surface area contributed by atoms with Gasteiger partial charge in [0.25, 0.3) is 0 Å². The van der Waals surface area contributed by atoms with Gasteiger partial charge in [0.2, 0.25) is 0 Å². The van der Waals surface area contributed by atoms with Gasteiger partial charge in [-0.1, -0.05) is 19.1 Å². The van der Waals surface area contributed by atoms with E-state index in [1.807, 2.05) is 6.07 Å². The van der Waals surface area contributed by atoms with E-state index in [1.54, 1.807) is 18.3 Å². The fourth-order valence-corrected chi connectivity index (χ4v) is 4.86. The van der Waals surface area contributed by atoms with Crippen molar-refractivity contribution in [2.75, 3.05) is 0 Å². The molecule has 0 spiro atoms. The van der Waals surface area contributed by atoms with Gasteiger partial charge in [0.05, 0.1) is 6.10 Å². The zero-order valence-electron chi connectivity index (χ0n) is 17.4. The zero-order valence-corrected chi connectivity index (χ0v) is 17.4. The third-order valence-electron chi connectivity index (χ3n) is 6.43. The number of carbonyl (C=O) groups is 1. The molecule has 1 fully saturated rings. The number of carbonyl (C=O) groups excluding carboxylic acids is 1. The number of allylic oxidation sites excluding steroid dienone is 1. The number of rotatable bonds is 4. The number of benzene rings is 1. The Hall–Kier alpha value is -3.00. The number of aliphatic imine (C=N–C) groups is 1. The van der Waals surface area contributed by atoms with Crippen LogP contribution in [0.2, 0.25) is 0 Å². The molecule has 1 aromatic carbocycles. The SMILES string of the molecule is C[C@@]1(Cc2ccn[nH]2)CC(=O)C2=C(C1)NC(NC1CC(O)C1)=N[C@H]2c1ccc(F)cc1. The second kappa shape index (κ2) is 7.60. The summed E-state index contributed by atoms with van der Waals surface area (Å²) in [6, 6.07) is 7.79. The van der Waals surface area contributed by atoms with Crippen molar-refractivity contribution in [1.82, 2.24) is 20.8 Å². The molecule has 2 heterocycles. The third kappa shape index (κ3) is 3.99. The molecule has 8 heteroatoms. The number of aliphatic hydroxyl groups is 1. The summed E-state index contributed by atoms with van der Waals surface area (Å²) in [6.07, 6.45) is 4.61. The fraction of sp³-hybridized carbons (Fsp3) is 0.435. The van der Waals surface area contributed by atoms with Crippen LogP contribution in [0, 0.1) is 11.2 Å². The first kappa shape index (κ1) is 19.9. The summed E-state index contributed by atoms with van der Waals surface area (Å²) in [5, 5.41) is 23.4. The Kier molecular flexibility index (Phi) is 4.89. The zero-order chi connectivity index (χ0) is 21.6. The summed E-state index contributed by atoms with van der Waals surface area (Å²) in [4.78, 5) is 18.1. The number of H-pyrrole nitrogens is 1. The number of guanidine groups is 1. The molecule has 2 aliphatic carbocycles. The van der Waals surface area contributed by atoms with Crippen LogP contribution < -0.4 is 10.6 Å². The minimum atomic E-state index is -0.478. The Morgan fingerprint density at radius 3 is 2.68 bits per heavy atom. The molecule has 0 radical (unpaired) electrons. The van der Waals surface area contributed by atoms with Crippen LogP contribution in [0.3, 0.4) is 0 Å². The number of aliphatic hydroxyl groups excluding tert-OH is 1. The van der Waals surface area contributed by atoms with E-state index in [4.69, 9.17) is 4.99 Å². The molecule has 5 rings (SSSR count). The van der Waals surface area contributed by atoms with Gasteiger partial charge in [0, 0.05) is 35.6 Å². The molecule has 0 unspecified atom stereocenters. The number of ketones is 1. The Bertz CT molecular complexity index is 1040. The maximum atomic E-state index is 13.5. The van der Waals surface area contributed by atoms with Crippen molar-refractivity contribution < 1.29 is 14.3 Å². The van der Waals surface area contributed by atoms with E-state index in [-0.39, 0.29) is 29.2 Å². The molecule has 3 aliphatic rings. The van der Waals surface area contributed by atoms with E-state index in [0.29, 0.717) is 43.6 Å². The molecule has 162 valence electrons. The van der Waals surface area contributed by atoms with Crippen molar-refractivity contribution in [3.63, 3.8) is 0 Å². The molecular weight excluding hydrogens is 397 g/mol. The van der Waals surface area contributed by atoms with Gasteiger partial charge < -0.3 is 15.7 Å². The van der Waals surface area contributed by atoms with Crippen molar-refractivity contribution in [3.8, 4) is 0 Å². The largest absolute Gasteiger partial charge is 0.393 e. The molecule has 1 aliphatic heterocycles. The number of aromatic nitrogens is 2. The molecule has 7 nitrogen and oxygen atoms in total. The molecule has 0 amide bonds. The lowest BCUT2D eigenvalue weighted by Crippen LogP contribution is -2.53. The van der Waals surface area contributed by atoms with E-state index in [1.165, 1.54) is 12.1 Å². The summed E-state index contributed by atoms with van der Waals surface area (Å²) in [5.41, 5.74) is 3.06. The van der Waals surface area contributed by atoms with Gasteiger partial charge in [-0.05, 0) is 54.9 Å². The Balaban J connectivity index is 1.47. The van der Waals surface area contributed by atoms with Crippen LogP contribution in [-0.4, -0.2) is 39.2 Å². The molecule has 1 aromatic heterocycles. The molecule has 0 saturated heterocycles. The summed E-state index contributed by atoms with van der Waals surface area (Å²) >= 11 is 0. The quantitative estimate of drug-likeness (QED) is 0.605. The highest BCUT2D eigenvalue weighted by atomic mass is 19.1. The fourth-order valence-electron chi connectivity index (χ4n) is 4.86. The van der Waals surface area contributed by atoms with Crippen LogP contribution in [0.4, 0.5) is 4.39 Å². The Morgan fingerprint density at radius 2 is 2.00 bits per heavy atom. The standard InChI is InChI=1S/C23H26FN5O2/c1-23(10-15-6-7-25-29-15)11-18-20(19(31)12-23)21(13-2-4-14(24)5-3-13)28-22(27-18)26-16-8-17(30)9-16/h2-7,16-17,21,30H,8-12H2,1H3,(H,25,29)(H2,26,27,28)/t16?,17?,21-,23-/m0/s1. The number of nitrogens with one attached hydrogen (secondary N) is 3. The smallest absolute Gasteiger partial charge is 0.196 e. The highest BCUT2D eigenvalue weighted by molar-refractivity contribution is 6.01. The maximum Gasteiger partial charge on any atom is 0.196 e. The van der Waals surface area contributed by atoms with E-state index < -0.39 is 6.04 Å². The van der Waals surface area contributed by atoms with E-state index in [2.05, 4.69) is 27.8 Å². The summed E-state index contributed by atoms with van der Waals surface area (Å²) in [5.74, 6) is 0.343. The first-order valence-corrected chi connectivity index (χ1v) is 10.7. The van der Waals surface area contributed by atoms with Gasteiger partial charge in [-0.15, -0.1) is 0 Å². The van der Waals surface area contributed by atoms with Crippen molar-refractivity contribution in [2.45, 2.75) is 57.2 Å². The minimum Gasteiger partial charge on any atom is -0.393 e. The highest BCUT2D eigenvalue weighted by Gasteiger charge is 2.42. The highest BCUT2D eigenvalue weighted by Crippen LogP contribution is 2.44. The van der Waals surface area contributed by atoms with Gasteiger partial charge in [0.1, 0.15) is 11.9 Å². The Morgan fingerprint density at radius 1 is 1.23 bits per heavy atom. The Labute approximate surface area is 179 Å². The molecule has 4 N–H and O–H groups in total. The van der Waals surface area contributed by atoms with E-state index in [0.717, 1.165) is 17.0 Å². The van der Waals surface area contributed by atoms with Gasteiger partial charge in [0.15, 0.2) is 11.7 Å². The van der Waals surface area contributed by atoms with Crippen LogP contribution in [0.25, 0.3) is 0 Å². The van der Waals surface area contributed by atoms with E-state index in [9.17, 15) is 14.3 Å². The minimum absolute atomic E-state index is 0.0620. The summed E-state index contributed by atoms with van der Waals surface area (Å²) in [6.45, 7) is 2.12. The normalized spacial score (nSPS) is 30.2. The topological polar surface area (TPSA) is 102 Å². The maximum absolute atomic E-state index is 13.5. The molecule has 2 atom stereocenters. The lowest BCUT2D eigenvalue weighted by molar-refractivity contribution is -0.118. The van der Waals surface area contributed by atoms with Gasteiger partial charge >= 0.3 is 0 Å². The third-order valence-corrected chi connectivity index (χ3v) is 6.43. The lowest BCUT2D eigenvalue weighted by Gasteiger charge is -2.40. The molecule has 31 heavy (non-hydrogen) atoms. The monoisotopic (exact) mass is 423 g/mol. The number of Topliss-reactive ketones (excluding diaryl/α,β-unsaturated/α-hetero) is 1. The lowest BCUT2D eigenvalue weighted by atomic mass is 9.69. The predicted octanol–water partition coefficient (Wildman–Crippen LogP) is 2.53. The number of hydrogen-bond donors (Lipinski definition) is 4. The first-order chi connectivity index (χ1) is 14.9. The van der Waals surface area contributed by atoms with Crippen molar-refractivity contribution >= 4 is 11.7 Å². The van der Waals surface area contributed by atoms with Crippen molar-refractivity contribution in [3.05, 3.63) is 64.9 Å². The molecular formula is C23H26FN5O2. The predicted molar refractivity (Wildman–Crippen MR) is 114 cm³/mol. The second-order valence-electron chi connectivity index (χ2n) is 9.26. The molecule has 0 bridgehead atoms. The second-order valence-corrected chi connectivity index (χ2v) is 9.26. The van der Waals surface area contributed by atoms with Gasteiger partial charge in [-0.2, -0.15) is 5.10 Å². The van der Waals surface area contributed by atoms with Crippen LogP contribution in [0.1, 0.15) is 49.9 Å². The average Bonchev–Trinajstić information content (AvgIpc) is 3.18. The molecule has 2 aromatic rings. The van der Waals surface area contributed by atoms with Crippen molar-refractivity contribution in [1.29, 1.82) is 0 Å². The number of nitrogens with zero attached hydrogens (tertiary/aromatic N) is 2. The number of aromatic amines is 1. The van der Waals surface area contributed by atoms with Gasteiger partial charge in [-0.3, -0.25) is 9.89 Å². The van der Waals surface area contributed by atoms with Crippen LogP contribution in [0.5, 0.6) is 0 Å².